The van der Waals surface area contributed by atoms with Gasteiger partial charge in [-0.25, -0.2) is 9.78 Å². The Morgan fingerprint density at radius 3 is 2.72 bits per heavy atom. The topological polar surface area (TPSA) is 77.2 Å². The zero-order valence-corrected chi connectivity index (χ0v) is 14.5. The lowest BCUT2D eigenvalue weighted by atomic mass is 10.1. The average molecular weight is 339 g/mol. The maximum atomic E-state index is 12.2. The van der Waals surface area contributed by atoms with E-state index in [0.29, 0.717) is 18.0 Å². The van der Waals surface area contributed by atoms with Crippen LogP contribution in [0.2, 0.25) is 0 Å². The minimum absolute atomic E-state index is 0.424. The monoisotopic (exact) mass is 339 g/mol. The lowest BCUT2D eigenvalue weighted by molar-refractivity contribution is 0.0501. The molecule has 6 heteroatoms. The van der Waals surface area contributed by atoms with Crippen molar-refractivity contribution in [3.8, 4) is 0 Å². The molecule has 25 heavy (non-hydrogen) atoms. The molecule has 1 atom stereocenters. The molecule has 1 N–H and O–H groups in total. The van der Waals surface area contributed by atoms with Crippen molar-refractivity contribution in [2.75, 3.05) is 0 Å². The largest absolute Gasteiger partial charge is 0.446 e. The molecule has 0 unspecified atom stereocenters. The minimum atomic E-state index is -0.576. The van der Waals surface area contributed by atoms with E-state index in [-0.39, 0.29) is 0 Å². The van der Waals surface area contributed by atoms with Crippen molar-refractivity contribution >= 4 is 17.2 Å². The number of amides is 1. The van der Waals surface area contributed by atoms with Crippen LogP contribution in [0.15, 0.2) is 53.3 Å². The molecule has 1 amide bonds. The van der Waals surface area contributed by atoms with Gasteiger partial charge in [0.05, 0.1) is 17.7 Å². The summed E-state index contributed by atoms with van der Waals surface area (Å²) in [5.41, 5.74) is 0.980. The third kappa shape index (κ3) is 4.56. The van der Waals surface area contributed by atoms with Gasteiger partial charge in [0.15, 0.2) is 5.82 Å². The van der Waals surface area contributed by atoms with Gasteiger partial charge >= 0.3 is 6.09 Å². The summed E-state index contributed by atoms with van der Waals surface area (Å²) in [4.78, 5) is 21.1. The number of hydrogen-bond acceptors (Lipinski definition) is 5. The number of alkyl carbamates (subject to hydrolysis) is 1. The first-order valence-corrected chi connectivity index (χ1v) is 8.14. The highest BCUT2D eigenvalue weighted by Crippen LogP contribution is 2.19. The van der Waals surface area contributed by atoms with Crippen LogP contribution in [-0.4, -0.2) is 21.7 Å². The highest BCUT2D eigenvalue weighted by Gasteiger charge is 2.23. The van der Waals surface area contributed by atoms with E-state index in [9.17, 15) is 4.79 Å². The third-order valence-corrected chi connectivity index (χ3v) is 3.51. The van der Waals surface area contributed by atoms with Crippen molar-refractivity contribution in [2.24, 2.45) is 0 Å². The molecule has 3 rings (SSSR count). The van der Waals surface area contributed by atoms with Crippen LogP contribution in [0.25, 0.3) is 11.1 Å². The lowest BCUT2D eigenvalue weighted by Gasteiger charge is -2.23. The Labute approximate surface area is 146 Å². The van der Waals surface area contributed by atoms with Crippen LogP contribution in [0.4, 0.5) is 4.79 Å². The molecular weight excluding hydrogens is 318 g/mol. The average Bonchev–Trinajstić information content (AvgIpc) is 3.01. The molecule has 3 aromatic rings. The standard InChI is InChI=1S/C19H21N3O3/c1-19(2,3)25-18(23)21-15(11-13-7-5-4-6-8-13)16-20-12-14-9-10-24-17(14)22-16/h4-10,12,15H,11H2,1-3H3,(H,21,23)/t15-/m0/s1. The number of ether oxygens (including phenoxy) is 1. The number of hydrogen-bond donors (Lipinski definition) is 1. The fourth-order valence-electron chi connectivity index (χ4n) is 2.44. The smallest absolute Gasteiger partial charge is 0.408 e. The summed E-state index contributed by atoms with van der Waals surface area (Å²) in [6, 6.07) is 11.2. The van der Waals surface area contributed by atoms with Crippen molar-refractivity contribution in [3.05, 3.63) is 60.2 Å². The van der Waals surface area contributed by atoms with E-state index < -0.39 is 17.7 Å². The molecule has 0 saturated heterocycles. The van der Waals surface area contributed by atoms with E-state index in [4.69, 9.17) is 9.15 Å². The fraction of sp³-hybridized carbons (Fsp3) is 0.316. The SMILES string of the molecule is CC(C)(C)OC(=O)N[C@@H](Cc1ccccc1)c1ncc2ccoc2n1. The van der Waals surface area contributed by atoms with Gasteiger partial charge in [0.1, 0.15) is 5.60 Å². The molecule has 6 nitrogen and oxygen atoms in total. The Morgan fingerprint density at radius 1 is 1.24 bits per heavy atom. The summed E-state index contributed by atoms with van der Waals surface area (Å²) in [7, 11) is 0. The molecular formula is C19H21N3O3. The summed E-state index contributed by atoms with van der Waals surface area (Å²) in [6.07, 6.45) is 3.30. The van der Waals surface area contributed by atoms with Crippen molar-refractivity contribution < 1.29 is 13.9 Å². The van der Waals surface area contributed by atoms with Crippen LogP contribution in [0.3, 0.4) is 0 Å². The van der Waals surface area contributed by atoms with Gasteiger partial charge in [0.2, 0.25) is 5.71 Å². The van der Waals surface area contributed by atoms with Crippen LogP contribution in [-0.2, 0) is 11.2 Å². The molecule has 2 heterocycles. The van der Waals surface area contributed by atoms with Gasteiger partial charge in [0.25, 0.3) is 0 Å². The van der Waals surface area contributed by atoms with Crippen molar-refractivity contribution in [2.45, 2.75) is 38.8 Å². The van der Waals surface area contributed by atoms with Gasteiger partial charge in [-0.05, 0) is 32.4 Å². The number of aromatic nitrogens is 2. The molecule has 0 aliphatic carbocycles. The molecule has 130 valence electrons. The van der Waals surface area contributed by atoms with Crippen LogP contribution in [0.5, 0.6) is 0 Å². The molecule has 0 aliphatic heterocycles. The molecule has 0 aliphatic rings. The Bertz CT molecular complexity index is 853. The Balaban J connectivity index is 1.86. The summed E-state index contributed by atoms with van der Waals surface area (Å²) >= 11 is 0. The number of furan rings is 1. The fourth-order valence-corrected chi connectivity index (χ4v) is 2.44. The predicted octanol–water partition coefficient (Wildman–Crippen LogP) is 4.03. The highest BCUT2D eigenvalue weighted by atomic mass is 16.6. The van der Waals surface area contributed by atoms with E-state index in [2.05, 4.69) is 15.3 Å². The van der Waals surface area contributed by atoms with Crippen LogP contribution in [0.1, 0.15) is 38.2 Å². The van der Waals surface area contributed by atoms with Gasteiger partial charge in [0, 0.05) is 12.6 Å². The maximum absolute atomic E-state index is 12.2. The number of nitrogens with zero attached hydrogens (tertiary/aromatic N) is 2. The second kappa shape index (κ2) is 6.93. The molecule has 0 fully saturated rings. The van der Waals surface area contributed by atoms with E-state index >= 15 is 0 Å². The molecule has 1 aromatic carbocycles. The van der Waals surface area contributed by atoms with Gasteiger partial charge in [-0.2, -0.15) is 4.98 Å². The van der Waals surface area contributed by atoms with Crippen molar-refractivity contribution in [1.29, 1.82) is 0 Å². The van der Waals surface area contributed by atoms with Crippen molar-refractivity contribution in [1.82, 2.24) is 15.3 Å². The minimum Gasteiger partial charge on any atom is -0.446 e. The number of nitrogens with one attached hydrogen (secondary N) is 1. The Kier molecular flexibility index (Phi) is 4.70. The lowest BCUT2D eigenvalue weighted by Crippen LogP contribution is -2.36. The van der Waals surface area contributed by atoms with Crippen LogP contribution >= 0.6 is 0 Å². The van der Waals surface area contributed by atoms with Gasteiger partial charge in [-0.15, -0.1) is 0 Å². The maximum Gasteiger partial charge on any atom is 0.408 e. The van der Waals surface area contributed by atoms with E-state index in [1.165, 1.54) is 0 Å². The molecule has 0 bridgehead atoms. The predicted molar refractivity (Wildman–Crippen MR) is 94.1 cm³/mol. The molecule has 2 aromatic heterocycles. The first kappa shape index (κ1) is 17.0. The number of carbonyl (C=O) groups excluding carboxylic acids is 1. The number of fused-ring (bicyclic) bond motifs is 1. The summed E-state index contributed by atoms with van der Waals surface area (Å²) in [5, 5.41) is 3.69. The Hall–Kier alpha value is -2.89. The van der Waals surface area contributed by atoms with Gasteiger partial charge in [-0.3, -0.25) is 0 Å². The van der Waals surface area contributed by atoms with E-state index in [0.717, 1.165) is 10.9 Å². The van der Waals surface area contributed by atoms with Gasteiger partial charge < -0.3 is 14.5 Å². The number of rotatable bonds is 4. The quantitative estimate of drug-likeness (QED) is 0.776. The van der Waals surface area contributed by atoms with E-state index in [1.54, 1.807) is 18.5 Å². The van der Waals surface area contributed by atoms with Crippen LogP contribution < -0.4 is 5.32 Å². The Morgan fingerprint density at radius 2 is 2.00 bits per heavy atom. The summed E-state index contributed by atoms with van der Waals surface area (Å²) in [6.45, 7) is 5.47. The molecule has 0 radical (unpaired) electrons. The first-order chi connectivity index (χ1) is 11.9. The van der Waals surface area contributed by atoms with Crippen LogP contribution in [0, 0.1) is 0 Å². The molecule has 0 spiro atoms. The number of benzene rings is 1. The zero-order chi connectivity index (χ0) is 17.9. The normalized spacial score (nSPS) is 12.8. The highest BCUT2D eigenvalue weighted by molar-refractivity contribution is 5.72. The van der Waals surface area contributed by atoms with Gasteiger partial charge in [-0.1, -0.05) is 30.3 Å². The number of carbonyl (C=O) groups is 1. The zero-order valence-electron chi connectivity index (χ0n) is 14.5. The van der Waals surface area contributed by atoms with Crippen molar-refractivity contribution in [3.63, 3.8) is 0 Å². The first-order valence-electron chi connectivity index (χ1n) is 8.14. The second-order valence-electron chi connectivity index (χ2n) is 6.80. The summed E-state index contributed by atoms with van der Waals surface area (Å²) < 4.78 is 10.7. The third-order valence-electron chi connectivity index (χ3n) is 3.51. The summed E-state index contributed by atoms with van der Waals surface area (Å²) in [5.74, 6) is 0.483. The molecule has 0 saturated carbocycles. The van der Waals surface area contributed by atoms with E-state index in [1.807, 2.05) is 51.1 Å². The second-order valence-corrected chi connectivity index (χ2v) is 6.80.